The lowest BCUT2D eigenvalue weighted by Gasteiger charge is -2.24. The van der Waals surface area contributed by atoms with E-state index in [4.69, 9.17) is 4.74 Å². The van der Waals surface area contributed by atoms with Crippen LogP contribution in [0.25, 0.3) is 22.2 Å². The minimum absolute atomic E-state index is 0.238. The molecule has 3 heterocycles. The zero-order valence-corrected chi connectivity index (χ0v) is 22.5. The first-order valence-corrected chi connectivity index (χ1v) is 12.9. The number of alkyl carbamates (subject to hydrolysis) is 1. The van der Waals surface area contributed by atoms with Crippen molar-refractivity contribution in [1.82, 2.24) is 25.5 Å². The Labute approximate surface area is 230 Å². The molecule has 2 aromatic heterocycles. The van der Waals surface area contributed by atoms with Crippen molar-refractivity contribution >= 4 is 40.7 Å². The Hall–Kier alpha value is -4.93. The Morgan fingerprint density at radius 3 is 2.65 bits per heavy atom. The molecular formula is C29H29N7O4. The molecular weight excluding hydrogens is 510 g/mol. The molecule has 4 N–H and O–H groups in total. The molecule has 2 atom stereocenters. The smallest absolute Gasteiger partial charge is 0.408 e. The van der Waals surface area contributed by atoms with E-state index in [0.29, 0.717) is 28.6 Å². The highest BCUT2D eigenvalue weighted by molar-refractivity contribution is 6.18. The summed E-state index contributed by atoms with van der Waals surface area (Å²) >= 11 is 0. The van der Waals surface area contributed by atoms with Crippen LogP contribution in [0.4, 0.5) is 10.5 Å². The normalized spacial score (nSPS) is 19.6. The molecule has 6 rings (SSSR count). The average molecular weight is 540 g/mol. The number of aromatic amines is 1. The number of hydrazone groups is 1. The lowest BCUT2D eigenvalue weighted by atomic mass is 10.0. The van der Waals surface area contributed by atoms with E-state index >= 15 is 0 Å². The third-order valence-electron chi connectivity index (χ3n) is 7.08. The fourth-order valence-electron chi connectivity index (χ4n) is 5.26. The third kappa shape index (κ3) is 4.49. The second-order valence-corrected chi connectivity index (χ2v) is 11.2. The summed E-state index contributed by atoms with van der Waals surface area (Å²) in [4.78, 5) is 43.0. The van der Waals surface area contributed by atoms with Crippen LogP contribution in [-0.4, -0.2) is 50.0 Å². The molecule has 1 saturated carbocycles. The average Bonchev–Trinajstić information content (AvgIpc) is 3.33. The molecule has 1 aliphatic carbocycles. The highest BCUT2D eigenvalue weighted by Gasteiger charge is 2.62. The zero-order chi connectivity index (χ0) is 28.2. The minimum atomic E-state index is -1.21. The molecule has 4 aromatic rings. The number of nitrogens with zero attached hydrogens (tertiary/aromatic N) is 3. The van der Waals surface area contributed by atoms with Gasteiger partial charge in [0.25, 0.3) is 11.8 Å². The van der Waals surface area contributed by atoms with Crippen molar-refractivity contribution in [2.45, 2.75) is 44.2 Å². The monoisotopic (exact) mass is 539 g/mol. The number of carbonyl (C=O) groups excluding carboxylic acids is 3. The molecule has 1 aliphatic heterocycles. The topological polar surface area (TPSA) is 142 Å². The largest absolute Gasteiger partial charge is 0.444 e. The van der Waals surface area contributed by atoms with Gasteiger partial charge in [-0.15, -0.1) is 0 Å². The van der Waals surface area contributed by atoms with E-state index < -0.39 is 29.0 Å². The van der Waals surface area contributed by atoms with Gasteiger partial charge < -0.3 is 20.4 Å². The highest BCUT2D eigenvalue weighted by atomic mass is 16.6. The van der Waals surface area contributed by atoms with Gasteiger partial charge >= 0.3 is 6.09 Å². The van der Waals surface area contributed by atoms with Crippen LogP contribution in [0.2, 0.25) is 0 Å². The van der Waals surface area contributed by atoms with Crippen LogP contribution < -0.4 is 16.1 Å². The molecule has 0 unspecified atom stereocenters. The maximum atomic E-state index is 13.8. The Morgan fingerprint density at radius 1 is 1.18 bits per heavy atom. The summed E-state index contributed by atoms with van der Waals surface area (Å²) in [5.74, 6) is -1.04. The van der Waals surface area contributed by atoms with E-state index in [1.54, 1.807) is 50.0 Å². The highest BCUT2D eigenvalue weighted by Crippen LogP contribution is 2.52. The van der Waals surface area contributed by atoms with Gasteiger partial charge in [-0.2, -0.15) is 10.2 Å². The lowest BCUT2D eigenvalue weighted by molar-refractivity contribution is -0.119. The molecule has 11 nitrogen and oxygen atoms in total. The van der Waals surface area contributed by atoms with Crippen LogP contribution in [0.3, 0.4) is 0 Å². The van der Waals surface area contributed by atoms with Crippen LogP contribution >= 0.6 is 0 Å². The first-order chi connectivity index (χ1) is 19.0. The van der Waals surface area contributed by atoms with E-state index in [2.05, 4.69) is 31.2 Å². The van der Waals surface area contributed by atoms with Crippen molar-refractivity contribution in [2.24, 2.45) is 12.1 Å². The summed E-state index contributed by atoms with van der Waals surface area (Å²) in [6, 6.07) is 13.0. The fourth-order valence-corrected chi connectivity index (χ4v) is 5.26. The Kier molecular flexibility index (Phi) is 5.75. The summed E-state index contributed by atoms with van der Waals surface area (Å²) in [6.45, 7) is 5.30. The summed E-state index contributed by atoms with van der Waals surface area (Å²) in [7, 11) is 1.82. The van der Waals surface area contributed by atoms with Crippen LogP contribution in [-0.2, 0) is 16.6 Å². The van der Waals surface area contributed by atoms with Gasteiger partial charge in [0.05, 0.1) is 23.7 Å². The van der Waals surface area contributed by atoms with Crippen LogP contribution in [0, 0.1) is 0 Å². The Morgan fingerprint density at radius 2 is 1.95 bits per heavy atom. The molecule has 204 valence electrons. The van der Waals surface area contributed by atoms with E-state index in [1.165, 1.54) is 0 Å². The van der Waals surface area contributed by atoms with Gasteiger partial charge in [-0.1, -0.05) is 30.3 Å². The lowest BCUT2D eigenvalue weighted by Crippen LogP contribution is -2.49. The number of aromatic nitrogens is 3. The second-order valence-electron chi connectivity index (χ2n) is 11.2. The number of aryl methyl sites for hydroxylation is 1. The van der Waals surface area contributed by atoms with Gasteiger partial charge in [-0.3, -0.25) is 14.3 Å². The maximum absolute atomic E-state index is 13.8. The number of carbonyl (C=O) groups is 3. The maximum Gasteiger partial charge on any atom is 0.408 e. The summed E-state index contributed by atoms with van der Waals surface area (Å²) in [5.41, 5.74) is 5.26. The number of rotatable bonds is 5. The Balaban J connectivity index is 1.37. The van der Waals surface area contributed by atoms with Crippen molar-refractivity contribution in [2.75, 3.05) is 5.32 Å². The van der Waals surface area contributed by atoms with Gasteiger partial charge in [0.15, 0.2) is 0 Å². The van der Waals surface area contributed by atoms with Gasteiger partial charge in [0.1, 0.15) is 11.1 Å². The second kappa shape index (κ2) is 9.08. The van der Waals surface area contributed by atoms with Gasteiger partial charge in [0, 0.05) is 46.9 Å². The molecule has 0 saturated heterocycles. The van der Waals surface area contributed by atoms with Crippen molar-refractivity contribution in [1.29, 1.82) is 0 Å². The van der Waals surface area contributed by atoms with E-state index in [9.17, 15) is 14.4 Å². The van der Waals surface area contributed by atoms with Crippen LogP contribution in [0.15, 0.2) is 60.0 Å². The van der Waals surface area contributed by atoms with E-state index in [0.717, 1.165) is 22.4 Å². The molecule has 2 aliphatic rings. The van der Waals surface area contributed by atoms with Crippen molar-refractivity contribution in [3.63, 3.8) is 0 Å². The van der Waals surface area contributed by atoms with Gasteiger partial charge in [-0.05, 0) is 44.9 Å². The molecule has 1 fully saturated rings. The predicted molar refractivity (Wildman–Crippen MR) is 150 cm³/mol. The standard InChI is InChI=1S/C29H29N7O4/c1-28(2,3)40-27(39)34-29(12-21(29)16-8-6-5-7-9-16)26(38)32-18-10-19-23-20(14-30-35-25(19)37)24(33-22(23)11-18)17-13-31-36(4)15-17/h5-11,13-15,21,33H,12H2,1-4H3,(H,32,38)(H,34,39)(H,35,37)/t21-,29+/m0/s1. The fraction of sp³-hybridized carbons (Fsp3) is 0.276. The number of hydrogen-bond donors (Lipinski definition) is 4. The zero-order valence-electron chi connectivity index (χ0n) is 22.5. The van der Waals surface area contributed by atoms with Crippen molar-refractivity contribution in [3.05, 3.63) is 71.5 Å². The molecule has 11 heteroatoms. The number of amides is 3. The van der Waals surface area contributed by atoms with Gasteiger partial charge in [-0.25, -0.2) is 10.2 Å². The first-order valence-electron chi connectivity index (χ1n) is 12.9. The SMILES string of the molecule is Cn1cc(-c2[nH]c3cc(NC(=O)[C@@]4(NC(=O)OC(C)(C)C)C[C@H]4c4ccccc4)cc4c3c2C=NNC4=O)cn1. The van der Waals surface area contributed by atoms with E-state index in [1.807, 2.05) is 43.6 Å². The number of nitrogens with one attached hydrogen (secondary N) is 4. The third-order valence-corrected chi connectivity index (χ3v) is 7.08. The number of anilines is 1. The predicted octanol–water partition coefficient (Wildman–Crippen LogP) is 4.04. The number of hydrogen-bond acceptors (Lipinski definition) is 6. The summed E-state index contributed by atoms with van der Waals surface area (Å²) in [5, 5.41) is 14.8. The molecule has 2 aromatic carbocycles. The summed E-state index contributed by atoms with van der Waals surface area (Å²) in [6.07, 6.45) is 4.92. The van der Waals surface area contributed by atoms with Crippen LogP contribution in [0.1, 0.15) is 54.6 Å². The summed E-state index contributed by atoms with van der Waals surface area (Å²) < 4.78 is 7.17. The number of ether oxygens (including phenoxy) is 1. The molecule has 0 radical (unpaired) electrons. The quantitative estimate of drug-likeness (QED) is 0.303. The minimum Gasteiger partial charge on any atom is -0.444 e. The molecule has 0 bridgehead atoms. The van der Waals surface area contributed by atoms with Crippen molar-refractivity contribution in [3.8, 4) is 11.3 Å². The van der Waals surface area contributed by atoms with E-state index in [-0.39, 0.29) is 5.92 Å². The van der Waals surface area contributed by atoms with Crippen LogP contribution in [0.5, 0.6) is 0 Å². The van der Waals surface area contributed by atoms with Crippen molar-refractivity contribution < 1.29 is 19.1 Å². The molecule has 3 amide bonds. The van der Waals surface area contributed by atoms with Gasteiger partial charge in [0.2, 0.25) is 0 Å². The number of H-pyrrole nitrogens is 1. The number of benzene rings is 2. The Bertz CT molecular complexity index is 1700. The first kappa shape index (κ1) is 25.4. The molecule has 0 spiro atoms. The molecule has 40 heavy (non-hydrogen) atoms.